The minimum atomic E-state index is -4.76. The number of pyridine rings is 3. The summed E-state index contributed by atoms with van der Waals surface area (Å²) in [4.78, 5) is 39.4. The molecule has 4 N–H and O–H groups in total. The Morgan fingerprint density at radius 2 is 1.69 bits per heavy atom. The molecule has 0 aliphatic carbocycles. The predicted octanol–water partition coefficient (Wildman–Crippen LogP) is 6.42. The highest BCUT2D eigenvalue weighted by molar-refractivity contribution is 7.46. The van der Waals surface area contributed by atoms with Crippen LogP contribution in [-0.4, -0.2) is 47.4 Å². The number of nitrogens with one attached hydrogen (secondary N) is 2. The highest BCUT2D eigenvalue weighted by Gasteiger charge is 2.20. The van der Waals surface area contributed by atoms with E-state index in [1.165, 1.54) is 12.1 Å². The van der Waals surface area contributed by atoms with E-state index in [2.05, 4.69) is 43.7 Å². The molecule has 5 heterocycles. The van der Waals surface area contributed by atoms with Crippen molar-refractivity contribution >= 4 is 58.3 Å². The lowest BCUT2D eigenvalue weighted by Crippen LogP contribution is -2.36. The lowest BCUT2D eigenvalue weighted by molar-refractivity contribution is 0.157. The monoisotopic (exact) mass is 622 g/mol. The summed E-state index contributed by atoms with van der Waals surface area (Å²) >= 11 is 0. The van der Waals surface area contributed by atoms with Gasteiger partial charge in [-0.25, -0.2) is 14.5 Å². The van der Waals surface area contributed by atoms with E-state index in [1.807, 2.05) is 62.4 Å². The molecular formula is C32H31N8O4P. The van der Waals surface area contributed by atoms with Gasteiger partial charge in [-0.2, -0.15) is 0 Å². The summed E-state index contributed by atoms with van der Waals surface area (Å²) in [5, 5.41) is 7.89. The van der Waals surface area contributed by atoms with Gasteiger partial charge in [0.15, 0.2) is 5.65 Å². The Labute approximate surface area is 259 Å². The SMILES string of the molecule is Cc1cc(Nc2cnc3nc(-c4ccc(Nc5cc(C)nc6ccc(N7CCC7)cc56)cc4)n(COP(=O)(O)O)c3c2)ccn1. The molecule has 0 spiro atoms. The third kappa shape index (κ3) is 6.22. The van der Waals surface area contributed by atoms with Gasteiger partial charge in [-0.1, -0.05) is 0 Å². The maximum absolute atomic E-state index is 11.7. The summed E-state index contributed by atoms with van der Waals surface area (Å²) in [5.41, 5.74) is 8.91. The smallest absolute Gasteiger partial charge is 0.371 e. The zero-order chi connectivity index (χ0) is 31.1. The summed E-state index contributed by atoms with van der Waals surface area (Å²) in [6.07, 6.45) is 4.58. The first-order chi connectivity index (χ1) is 21.7. The fraction of sp³-hybridized carbons (Fsp3) is 0.188. The van der Waals surface area contributed by atoms with Crippen molar-refractivity contribution in [2.24, 2.45) is 0 Å². The quantitative estimate of drug-likeness (QED) is 0.132. The van der Waals surface area contributed by atoms with Crippen LogP contribution in [0, 0.1) is 13.8 Å². The zero-order valence-corrected chi connectivity index (χ0v) is 25.6. The van der Waals surface area contributed by atoms with Gasteiger partial charge in [-0.3, -0.25) is 19.1 Å². The highest BCUT2D eigenvalue weighted by Crippen LogP contribution is 2.38. The van der Waals surface area contributed by atoms with Crippen molar-refractivity contribution < 1.29 is 18.9 Å². The number of benzene rings is 2. The van der Waals surface area contributed by atoms with Crippen LogP contribution in [0.1, 0.15) is 17.8 Å². The van der Waals surface area contributed by atoms with Gasteiger partial charge in [0.1, 0.15) is 12.6 Å². The van der Waals surface area contributed by atoms with E-state index in [0.717, 1.165) is 58.0 Å². The second kappa shape index (κ2) is 11.6. The molecule has 0 bridgehead atoms. The van der Waals surface area contributed by atoms with Crippen molar-refractivity contribution in [2.45, 2.75) is 27.0 Å². The molecule has 0 amide bonds. The Kier molecular flexibility index (Phi) is 7.42. The molecule has 6 aromatic rings. The van der Waals surface area contributed by atoms with Crippen LogP contribution >= 0.6 is 7.82 Å². The Morgan fingerprint density at radius 1 is 0.867 bits per heavy atom. The molecule has 0 saturated carbocycles. The number of hydrogen-bond donors (Lipinski definition) is 4. The topological polar surface area (TPSA) is 151 Å². The van der Waals surface area contributed by atoms with Crippen molar-refractivity contribution in [3.63, 3.8) is 0 Å². The van der Waals surface area contributed by atoms with Crippen molar-refractivity contribution in [2.75, 3.05) is 28.6 Å². The standard InChI is InChI=1S/C32H31N8O4P/c1-20-14-24(10-11-33-20)36-25-16-30-31(34-18-25)38-32(40(30)19-44-45(41,42)43)22-4-6-23(7-5-22)37-29-15-21(2)35-28-9-8-26(17-27(28)29)39-12-3-13-39/h4-11,14-18H,3,12-13,19H2,1-2H3,(H,33,36)(H,35,37)(H2,41,42,43). The second-order valence-corrected chi connectivity index (χ2v) is 12.3. The molecule has 1 aliphatic rings. The van der Waals surface area contributed by atoms with Crippen molar-refractivity contribution in [1.82, 2.24) is 24.5 Å². The van der Waals surface area contributed by atoms with Gasteiger partial charge in [-0.05, 0) is 87.0 Å². The number of phosphoric acid groups is 1. The summed E-state index contributed by atoms with van der Waals surface area (Å²) < 4.78 is 18.2. The van der Waals surface area contributed by atoms with Crippen LogP contribution in [0.15, 0.2) is 79.1 Å². The second-order valence-electron chi connectivity index (χ2n) is 11.0. The van der Waals surface area contributed by atoms with Gasteiger partial charge in [0.2, 0.25) is 0 Å². The van der Waals surface area contributed by atoms with E-state index >= 15 is 0 Å². The molecule has 1 aliphatic heterocycles. The van der Waals surface area contributed by atoms with Crippen LogP contribution in [0.5, 0.6) is 0 Å². The Balaban J connectivity index is 1.21. The first-order valence-electron chi connectivity index (χ1n) is 14.5. The van der Waals surface area contributed by atoms with Crippen LogP contribution < -0.4 is 15.5 Å². The molecule has 2 aromatic carbocycles. The van der Waals surface area contributed by atoms with Gasteiger partial charge < -0.3 is 25.3 Å². The molecule has 228 valence electrons. The van der Waals surface area contributed by atoms with Gasteiger partial charge in [0.25, 0.3) is 0 Å². The van der Waals surface area contributed by atoms with Crippen LogP contribution in [0.2, 0.25) is 0 Å². The largest absolute Gasteiger partial charge is 0.471 e. The average Bonchev–Trinajstić information content (AvgIpc) is 3.33. The first-order valence-corrected chi connectivity index (χ1v) is 16.0. The van der Waals surface area contributed by atoms with Crippen molar-refractivity contribution in [3.8, 4) is 11.4 Å². The minimum Gasteiger partial charge on any atom is -0.371 e. The summed E-state index contributed by atoms with van der Waals surface area (Å²) in [5.74, 6) is 0.457. The molecule has 13 heteroatoms. The van der Waals surface area contributed by atoms with Gasteiger partial charge in [0, 0.05) is 64.4 Å². The molecule has 12 nitrogen and oxygen atoms in total. The van der Waals surface area contributed by atoms with E-state index < -0.39 is 14.6 Å². The van der Waals surface area contributed by atoms with Crippen LogP contribution in [0.25, 0.3) is 33.5 Å². The van der Waals surface area contributed by atoms with Crippen LogP contribution in [0.3, 0.4) is 0 Å². The summed E-state index contributed by atoms with van der Waals surface area (Å²) in [6, 6.07) is 21.7. The highest BCUT2D eigenvalue weighted by atomic mass is 31.2. The molecule has 1 fully saturated rings. The Morgan fingerprint density at radius 3 is 2.42 bits per heavy atom. The first kappa shape index (κ1) is 28.9. The third-order valence-electron chi connectivity index (χ3n) is 7.71. The van der Waals surface area contributed by atoms with Gasteiger partial charge in [0.05, 0.1) is 22.9 Å². The number of anilines is 5. The molecule has 4 aromatic heterocycles. The van der Waals surface area contributed by atoms with E-state index in [4.69, 9.17) is 14.5 Å². The van der Waals surface area contributed by atoms with Crippen LogP contribution in [0.4, 0.5) is 28.4 Å². The van der Waals surface area contributed by atoms with Gasteiger partial charge >= 0.3 is 7.82 Å². The Hall–Kier alpha value is -4.87. The summed E-state index contributed by atoms with van der Waals surface area (Å²) in [6.45, 7) is 5.60. The van der Waals surface area contributed by atoms with Crippen molar-refractivity contribution in [3.05, 3.63) is 90.5 Å². The molecule has 0 unspecified atom stereocenters. The Bertz CT molecular complexity index is 2090. The van der Waals surface area contributed by atoms with Crippen LogP contribution in [-0.2, 0) is 15.8 Å². The summed E-state index contributed by atoms with van der Waals surface area (Å²) in [7, 11) is -4.76. The number of rotatable bonds is 9. The number of nitrogens with zero attached hydrogens (tertiary/aromatic N) is 6. The van der Waals surface area contributed by atoms with E-state index in [-0.39, 0.29) is 0 Å². The maximum atomic E-state index is 11.7. The van der Waals surface area contributed by atoms with E-state index in [9.17, 15) is 14.4 Å². The van der Waals surface area contributed by atoms with E-state index in [1.54, 1.807) is 17.0 Å². The number of phosphoric ester groups is 1. The molecular weight excluding hydrogens is 591 g/mol. The molecule has 7 rings (SSSR count). The number of aryl methyl sites for hydroxylation is 2. The fourth-order valence-electron chi connectivity index (χ4n) is 5.43. The minimum absolute atomic E-state index is 0.412. The molecule has 0 atom stereocenters. The normalized spacial score (nSPS) is 13.3. The van der Waals surface area contributed by atoms with Gasteiger partial charge in [-0.15, -0.1) is 0 Å². The fourth-order valence-corrected chi connectivity index (χ4v) is 5.69. The maximum Gasteiger partial charge on any atom is 0.471 e. The number of fused-ring (bicyclic) bond motifs is 2. The van der Waals surface area contributed by atoms with Crippen molar-refractivity contribution in [1.29, 1.82) is 0 Å². The lowest BCUT2D eigenvalue weighted by atomic mass is 10.1. The molecule has 0 radical (unpaired) electrons. The lowest BCUT2D eigenvalue weighted by Gasteiger charge is -2.33. The number of hydrogen-bond acceptors (Lipinski definition) is 9. The predicted molar refractivity (Wildman–Crippen MR) is 175 cm³/mol. The third-order valence-corrected chi connectivity index (χ3v) is 8.16. The number of aromatic nitrogens is 5. The van der Waals surface area contributed by atoms with E-state index in [0.29, 0.717) is 22.7 Å². The number of imidazole rings is 1. The average molecular weight is 623 g/mol. The zero-order valence-electron chi connectivity index (χ0n) is 24.7. The molecule has 45 heavy (non-hydrogen) atoms. The molecule has 1 saturated heterocycles.